The fraction of sp³-hybridized carbons (Fsp3) is 0.154. The molecule has 7 heteroatoms. The maximum Gasteiger partial charge on any atom is 0.573 e. The van der Waals surface area contributed by atoms with Crippen molar-refractivity contribution in [1.29, 1.82) is 0 Å². The van der Waals surface area contributed by atoms with E-state index < -0.39 is 6.36 Å². The zero-order chi connectivity index (χ0) is 14.3. The largest absolute Gasteiger partial charge is 0.573 e. The van der Waals surface area contributed by atoms with Crippen molar-refractivity contribution in [2.45, 2.75) is 13.3 Å². The predicted molar refractivity (Wildman–Crippen MR) is 69.9 cm³/mol. The maximum atomic E-state index is 12.1. The summed E-state index contributed by atoms with van der Waals surface area (Å²) in [5.74, 6) is -0.238. The summed E-state index contributed by atoms with van der Waals surface area (Å²) in [6.07, 6.45) is -0.869. The van der Waals surface area contributed by atoms with Gasteiger partial charge in [-0.3, -0.25) is 4.40 Å². The van der Waals surface area contributed by atoms with Crippen LogP contribution in [0.4, 0.5) is 13.2 Å². The number of rotatable bonds is 2. The van der Waals surface area contributed by atoms with Crippen molar-refractivity contribution >= 4 is 16.3 Å². The van der Waals surface area contributed by atoms with E-state index in [1.54, 1.807) is 23.5 Å². The highest BCUT2D eigenvalue weighted by atomic mass is 32.1. The number of alkyl halides is 3. The van der Waals surface area contributed by atoms with E-state index in [1.165, 1.54) is 12.1 Å². The molecule has 0 aliphatic rings. The highest BCUT2D eigenvalue weighted by Crippen LogP contribution is 2.27. The monoisotopic (exact) mass is 298 g/mol. The second-order valence-corrected chi connectivity index (χ2v) is 5.44. The maximum absolute atomic E-state index is 12.1. The van der Waals surface area contributed by atoms with Crippen LogP contribution in [-0.4, -0.2) is 15.7 Å². The SMILES string of the molecule is Cc1cn2cc(-c3ccc(OC(F)(F)F)cc3)nc2s1. The Morgan fingerprint density at radius 1 is 1.15 bits per heavy atom. The molecule has 0 saturated heterocycles. The molecule has 1 aromatic carbocycles. The molecular weight excluding hydrogens is 289 g/mol. The minimum Gasteiger partial charge on any atom is -0.406 e. The third-order valence-corrected chi connectivity index (χ3v) is 3.57. The molecule has 0 spiro atoms. The van der Waals surface area contributed by atoms with E-state index in [2.05, 4.69) is 9.72 Å². The Morgan fingerprint density at radius 2 is 1.85 bits per heavy atom. The lowest BCUT2D eigenvalue weighted by molar-refractivity contribution is -0.274. The van der Waals surface area contributed by atoms with Gasteiger partial charge in [0.2, 0.25) is 0 Å². The molecule has 3 nitrogen and oxygen atoms in total. The second kappa shape index (κ2) is 4.52. The van der Waals surface area contributed by atoms with Gasteiger partial charge in [-0.25, -0.2) is 4.98 Å². The van der Waals surface area contributed by atoms with Crippen molar-refractivity contribution in [2.24, 2.45) is 0 Å². The zero-order valence-electron chi connectivity index (χ0n) is 10.3. The first-order chi connectivity index (χ1) is 9.40. The molecule has 104 valence electrons. The van der Waals surface area contributed by atoms with E-state index in [0.717, 1.165) is 21.1 Å². The number of ether oxygens (including phenoxy) is 1. The molecule has 0 atom stereocenters. The number of aromatic nitrogens is 2. The van der Waals surface area contributed by atoms with Crippen LogP contribution in [0.15, 0.2) is 36.7 Å². The van der Waals surface area contributed by atoms with Crippen LogP contribution in [0.1, 0.15) is 4.88 Å². The number of imidazole rings is 1. The van der Waals surface area contributed by atoms with E-state index in [1.807, 2.05) is 23.7 Å². The van der Waals surface area contributed by atoms with Gasteiger partial charge in [0.1, 0.15) is 5.75 Å². The smallest absolute Gasteiger partial charge is 0.406 e. The van der Waals surface area contributed by atoms with Gasteiger partial charge < -0.3 is 4.74 Å². The van der Waals surface area contributed by atoms with Gasteiger partial charge in [-0.05, 0) is 31.2 Å². The Morgan fingerprint density at radius 3 is 2.45 bits per heavy atom. The molecule has 20 heavy (non-hydrogen) atoms. The van der Waals surface area contributed by atoms with Crippen molar-refractivity contribution in [1.82, 2.24) is 9.38 Å². The highest BCUT2D eigenvalue weighted by Gasteiger charge is 2.30. The summed E-state index contributed by atoms with van der Waals surface area (Å²) < 4.78 is 41.9. The Bertz CT molecular complexity index is 712. The average molecular weight is 298 g/mol. The molecule has 0 radical (unpaired) electrons. The Kier molecular flexibility index (Phi) is 2.93. The van der Waals surface area contributed by atoms with E-state index >= 15 is 0 Å². The quantitative estimate of drug-likeness (QED) is 0.706. The van der Waals surface area contributed by atoms with Crippen LogP contribution in [0.3, 0.4) is 0 Å². The molecule has 2 aromatic heterocycles. The summed E-state index contributed by atoms with van der Waals surface area (Å²) >= 11 is 1.56. The van der Waals surface area contributed by atoms with Gasteiger partial charge in [-0.1, -0.05) is 0 Å². The van der Waals surface area contributed by atoms with Crippen LogP contribution in [0.5, 0.6) is 5.75 Å². The third kappa shape index (κ3) is 2.62. The molecule has 0 saturated carbocycles. The van der Waals surface area contributed by atoms with E-state index in [4.69, 9.17) is 0 Å². The standard InChI is InChI=1S/C13H9F3N2OS/c1-8-6-18-7-11(17-12(18)20-8)9-2-4-10(5-3-9)19-13(14,15)16/h2-7H,1H3. The van der Waals surface area contributed by atoms with E-state index in [-0.39, 0.29) is 5.75 Å². The van der Waals surface area contributed by atoms with Gasteiger partial charge in [0, 0.05) is 22.8 Å². The molecule has 3 aromatic rings. The van der Waals surface area contributed by atoms with Crippen molar-refractivity contribution in [2.75, 3.05) is 0 Å². The normalized spacial score (nSPS) is 12.0. The average Bonchev–Trinajstić information content (AvgIpc) is 2.84. The lowest BCUT2D eigenvalue weighted by Crippen LogP contribution is -2.16. The number of nitrogens with zero attached hydrogens (tertiary/aromatic N) is 2. The molecule has 0 aliphatic heterocycles. The summed E-state index contributed by atoms with van der Waals surface area (Å²) in [5, 5.41) is 0. The second-order valence-electron chi connectivity index (χ2n) is 4.23. The fourth-order valence-electron chi connectivity index (χ4n) is 1.88. The molecule has 0 amide bonds. The lowest BCUT2D eigenvalue weighted by Gasteiger charge is -2.08. The Balaban J connectivity index is 1.88. The minimum absolute atomic E-state index is 0.238. The van der Waals surface area contributed by atoms with Gasteiger partial charge in [-0.2, -0.15) is 0 Å². The van der Waals surface area contributed by atoms with Crippen LogP contribution in [-0.2, 0) is 0 Å². The first kappa shape index (κ1) is 13.0. The van der Waals surface area contributed by atoms with Crippen LogP contribution in [0.2, 0.25) is 0 Å². The molecule has 0 unspecified atom stereocenters. The molecule has 2 heterocycles. The van der Waals surface area contributed by atoms with E-state index in [9.17, 15) is 13.2 Å². The summed E-state index contributed by atoms with van der Waals surface area (Å²) in [4.78, 5) is 6.43. The Hall–Kier alpha value is -2.02. The van der Waals surface area contributed by atoms with Crippen LogP contribution in [0, 0.1) is 6.92 Å². The van der Waals surface area contributed by atoms with Crippen LogP contribution < -0.4 is 4.74 Å². The van der Waals surface area contributed by atoms with E-state index in [0.29, 0.717) is 0 Å². The number of hydrogen-bond acceptors (Lipinski definition) is 3. The predicted octanol–water partition coefficient (Wildman–Crippen LogP) is 4.27. The Labute approximate surface area is 116 Å². The molecule has 0 N–H and O–H groups in total. The van der Waals surface area contributed by atoms with Gasteiger partial charge in [0.25, 0.3) is 0 Å². The third-order valence-electron chi connectivity index (χ3n) is 2.66. The first-order valence-electron chi connectivity index (χ1n) is 5.72. The lowest BCUT2D eigenvalue weighted by atomic mass is 10.2. The van der Waals surface area contributed by atoms with Crippen LogP contribution in [0.25, 0.3) is 16.2 Å². The number of halogens is 3. The van der Waals surface area contributed by atoms with Gasteiger partial charge >= 0.3 is 6.36 Å². The number of hydrogen-bond donors (Lipinski definition) is 0. The number of aryl methyl sites for hydroxylation is 1. The molecule has 0 bridgehead atoms. The van der Waals surface area contributed by atoms with Crippen molar-refractivity contribution < 1.29 is 17.9 Å². The molecule has 0 fully saturated rings. The topological polar surface area (TPSA) is 26.5 Å². The molecule has 0 aliphatic carbocycles. The summed E-state index contributed by atoms with van der Waals surface area (Å²) in [7, 11) is 0. The molecule has 3 rings (SSSR count). The first-order valence-corrected chi connectivity index (χ1v) is 6.54. The van der Waals surface area contributed by atoms with Gasteiger partial charge in [0.15, 0.2) is 4.96 Å². The highest BCUT2D eigenvalue weighted by molar-refractivity contribution is 7.17. The summed E-state index contributed by atoms with van der Waals surface area (Å²) in [5.41, 5.74) is 1.46. The van der Waals surface area contributed by atoms with Crippen molar-refractivity contribution in [3.8, 4) is 17.0 Å². The number of thiazole rings is 1. The van der Waals surface area contributed by atoms with Crippen LogP contribution >= 0.6 is 11.3 Å². The zero-order valence-corrected chi connectivity index (χ0v) is 11.1. The van der Waals surface area contributed by atoms with Gasteiger partial charge in [0.05, 0.1) is 5.69 Å². The fourth-order valence-corrected chi connectivity index (χ4v) is 2.69. The van der Waals surface area contributed by atoms with Crippen molar-refractivity contribution in [3.05, 3.63) is 41.5 Å². The molecular formula is C13H9F3N2OS. The number of benzene rings is 1. The van der Waals surface area contributed by atoms with Gasteiger partial charge in [-0.15, -0.1) is 24.5 Å². The summed E-state index contributed by atoms with van der Waals surface area (Å²) in [6, 6.07) is 5.67. The summed E-state index contributed by atoms with van der Waals surface area (Å²) in [6.45, 7) is 1.99. The number of fused-ring (bicyclic) bond motifs is 1. The van der Waals surface area contributed by atoms with Crippen molar-refractivity contribution in [3.63, 3.8) is 0 Å². The minimum atomic E-state index is -4.67.